The maximum atomic E-state index is 10.2. The predicted molar refractivity (Wildman–Crippen MR) is 206 cm³/mol. The Morgan fingerprint density at radius 1 is 0.346 bits per heavy atom. The molecule has 8 heteroatoms. The van der Waals surface area contributed by atoms with Gasteiger partial charge < -0.3 is 30.4 Å². The van der Waals surface area contributed by atoms with Crippen LogP contribution in [0.1, 0.15) is 22.8 Å². The molecule has 5 heterocycles. The van der Waals surface area contributed by atoms with Crippen LogP contribution in [0.15, 0.2) is 121 Å². The zero-order valence-electron chi connectivity index (χ0n) is 27.8. The Morgan fingerprint density at radius 2 is 0.635 bits per heavy atom. The summed E-state index contributed by atoms with van der Waals surface area (Å²) in [6, 6.07) is 36.8. The van der Waals surface area contributed by atoms with Gasteiger partial charge in [-0.15, -0.1) is 0 Å². The molecule has 0 unspecified atom stereocenters. The van der Waals surface area contributed by atoms with E-state index < -0.39 is 0 Å². The molecule has 8 bridgehead atoms. The fourth-order valence-electron chi connectivity index (χ4n) is 7.24. The molecule has 0 radical (unpaired) electrons. The molecule has 0 saturated heterocycles. The Balaban J connectivity index is 1.46. The number of fused-ring (bicyclic) bond motifs is 8. The van der Waals surface area contributed by atoms with E-state index in [4.69, 9.17) is 9.97 Å². The number of aromatic nitrogens is 4. The van der Waals surface area contributed by atoms with Gasteiger partial charge in [0.1, 0.15) is 23.0 Å². The lowest BCUT2D eigenvalue weighted by Crippen LogP contribution is -1.89. The van der Waals surface area contributed by atoms with E-state index in [-0.39, 0.29) is 23.0 Å². The summed E-state index contributed by atoms with van der Waals surface area (Å²) in [6.45, 7) is 0. The molecule has 0 atom stereocenters. The van der Waals surface area contributed by atoms with Gasteiger partial charge in [-0.25, -0.2) is 4.98 Å². The number of phenolic OH excluding ortho intramolecular Hbond substituents is 4. The lowest BCUT2D eigenvalue weighted by Gasteiger charge is -2.07. The minimum atomic E-state index is 0.170. The SMILES string of the molecule is Oc1ccc(-c2c3nc(c(-c4ccc(O)cc4)c4ccc([nH]4)c(-c4ccc(O)cc4)c4nc(c(-c5ccc(O)cc5)c5ccc2[nH]5)CC4)C=C3)cc1. The molecule has 7 aromatic rings. The van der Waals surface area contributed by atoms with Crippen molar-refractivity contribution in [2.75, 3.05) is 0 Å². The molecule has 8 nitrogen and oxygen atoms in total. The highest BCUT2D eigenvalue weighted by atomic mass is 16.3. The highest BCUT2D eigenvalue weighted by Crippen LogP contribution is 2.39. The first kappa shape index (κ1) is 31.0. The van der Waals surface area contributed by atoms with E-state index in [2.05, 4.69) is 22.1 Å². The summed E-state index contributed by atoms with van der Waals surface area (Å²) in [6.07, 6.45) is 5.37. The summed E-state index contributed by atoms with van der Waals surface area (Å²) in [7, 11) is 0. The fraction of sp³-hybridized carbons (Fsp3) is 0.0455. The van der Waals surface area contributed by atoms with Crippen molar-refractivity contribution < 1.29 is 20.4 Å². The standard InChI is InChI=1S/C44H32N4O4/c49-29-9-1-25(2-10-29)41-33-17-19-35(45-33)42(26-3-11-30(50)12-4-26)37-21-23-39(47-37)44(28-7-15-32(52)16-8-28)40-24-22-38(48-40)43(36-20-18-34(41)46-36)27-5-13-31(51)14-6-27/h1-21,23,46-47,49-52H,22,24H2. The van der Waals surface area contributed by atoms with Crippen molar-refractivity contribution >= 4 is 34.2 Å². The molecule has 2 aliphatic rings. The minimum absolute atomic E-state index is 0.170. The number of aromatic hydroxyl groups is 4. The van der Waals surface area contributed by atoms with Crippen LogP contribution in [-0.4, -0.2) is 40.4 Å². The van der Waals surface area contributed by atoms with E-state index >= 15 is 0 Å². The molecule has 0 fully saturated rings. The summed E-state index contributed by atoms with van der Waals surface area (Å²) in [5, 5.41) is 40.7. The number of rotatable bonds is 4. The average Bonchev–Trinajstić information content (AvgIpc) is 3.99. The molecule has 0 amide bonds. The van der Waals surface area contributed by atoms with Crippen molar-refractivity contribution in [2.24, 2.45) is 0 Å². The van der Waals surface area contributed by atoms with E-state index in [9.17, 15) is 20.4 Å². The van der Waals surface area contributed by atoms with E-state index in [1.54, 1.807) is 48.5 Å². The van der Waals surface area contributed by atoms with Crippen LogP contribution in [0.4, 0.5) is 0 Å². The second-order valence-electron chi connectivity index (χ2n) is 13.0. The lowest BCUT2D eigenvalue weighted by atomic mass is 10.0. The molecule has 9 rings (SSSR count). The number of hydrogen-bond acceptors (Lipinski definition) is 6. The quantitative estimate of drug-likeness (QED) is 0.109. The maximum Gasteiger partial charge on any atom is 0.115 e. The number of nitrogens with zero attached hydrogens (tertiary/aromatic N) is 2. The van der Waals surface area contributed by atoms with Gasteiger partial charge in [-0.1, -0.05) is 48.5 Å². The Labute approximate surface area is 298 Å². The summed E-state index contributed by atoms with van der Waals surface area (Å²) in [5.41, 5.74) is 13.8. The average molecular weight is 681 g/mol. The van der Waals surface area contributed by atoms with Crippen LogP contribution in [0.3, 0.4) is 0 Å². The zero-order chi connectivity index (χ0) is 35.3. The van der Waals surface area contributed by atoms with Gasteiger partial charge in [0.05, 0.1) is 22.8 Å². The van der Waals surface area contributed by atoms with Crippen molar-refractivity contribution in [1.29, 1.82) is 0 Å². The normalized spacial score (nSPS) is 12.3. The third kappa shape index (κ3) is 5.52. The number of benzene rings is 4. The van der Waals surface area contributed by atoms with Gasteiger partial charge in [-0.2, -0.15) is 0 Å². The number of aryl methyl sites for hydroxylation is 2. The number of H-pyrrole nitrogens is 2. The molecule has 3 aromatic heterocycles. The Hall–Kier alpha value is -7.06. The van der Waals surface area contributed by atoms with Crippen LogP contribution in [0, 0.1) is 0 Å². The molecule has 252 valence electrons. The monoisotopic (exact) mass is 680 g/mol. The number of aromatic amines is 2. The lowest BCUT2D eigenvalue weighted by molar-refractivity contribution is 0.475. The first-order valence-corrected chi connectivity index (χ1v) is 17.0. The van der Waals surface area contributed by atoms with Gasteiger partial charge in [0.25, 0.3) is 0 Å². The van der Waals surface area contributed by atoms with Gasteiger partial charge in [0.2, 0.25) is 0 Å². The Kier molecular flexibility index (Phi) is 7.36. The number of nitrogens with one attached hydrogen (secondary N) is 2. The van der Waals surface area contributed by atoms with Gasteiger partial charge >= 0.3 is 0 Å². The Morgan fingerprint density at radius 3 is 0.962 bits per heavy atom. The summed E-state index contributed by atoms with van der Waals surface area (Å²) >= 11 is 0. The van der Waals surface area contributed by atoms with Crippen LogP contribution in [0.2, 0.25) is 0 Å². The minimum Gasteiger partial charge on any atom is -0.508 e. The van der Waals surface area contributed by atoms with Crippen molar-refractivity contribution in [2.45, 2.75) is 12.8 Å². The van der Waals surface area contributed by atoms with Gasteiger partial charge in [-0.3, -0.25) is 4.98 Å². The third-order valence-electron chi connectivity index (χ3n) is 9.67. The smallest absolute Gasteiger partial charge is 0.115 e. The number of phenols is 4. The van der Waals surface area contributed by atoms with E-state index in [0.717, 1.165) is 89.4 Å². The van der Waals surface area contributed by atoms with Crippen LogP contribution in [0.5, 0.6) is 23.0 Å². The number of hydrogen-bond donors (Lipinski definition) is 6. The largest absolute Gasteiger partial charge is 0.508 e. The van der Waals surface area contributed by atoms with Gasteiger partial charge in [0.15, 0.2) is 0 Å². The highest BCUT2D eigenvalue weighted by Gasteiger charge is 2.21. The molecular formula is C44H32N4O4. The summed E-state index contributed by atoms with van der Waals surface area (Å²) < 4.78 is 0. The molecule has 0 spiro atoms. The highest BCUT2D eigenvalue weighted by molar-refractivity contribution is 5.97. The Bertz CT molecular complexity index is 2510. The van der Waals surface area contributed by atoms with E-state index in [1.165, 1.54) is 0 Å². The molecule has 0 saturated carbocycles. The van der Waals surface area contributed by atoms with Crippen molar-refractivity contribution in [1.82, 2.24) is 19.9 Å². The van der Waals surface area contributed by atoms with Crippen LogP contribution < -0.4 is 0 Å². The summed E-state index contributed by atoms with van der Waals surface area (Å²) in [5.74, 6) is 0.703. The van der Waals surface area contributed by atoms with Crippen LogP contribution in [0.25, 0.3) is 78.7 Å². The predicted octanol–water partition coefficient (Wildman–Crippen LogP) is 9.76. The van der Waals surface area contributed by atoms with Crippen LogP contribution >= 0.6 is 0 Å². The zero-order valence-corrected chi connectivity index (χ0v) is 27.8. The maximum absolute atomic E-state index is 10.2. The fourth-order valence-corrected chi connectivity index (χ4v) is 7.24. The molecule has 0 aliphatic carbocycles. The first-order chi connectivity index (χ1) is 25.4. The van der Waals surface area contributed by atoms with Gasteiger partial charge in [-0.05, 0) is 120 Å². The molecule has 52 heavy (non-hydrogen) atoms. The molecule has 6 N–H and O–H groups in total. The molecular weight excluding hydrogens is 649 g/mol. The third-order valence-corrected chi connectivity index (χ3v) is 9.67. The van der Waals surface area contributed by atoms with E-state index in [1.807, 2.05) is 72.8 Å². The van der Waals surface area contributed by atoms with E-state index in [0.29, 0.717) is 12.8 Å². The van der Waals surface area contributed by atoms with Crippen molar-refractivity contribution in [3.63, 3.8) is 0 Å². The van der Waals surface area contributed by atoms with Crippen LogP contribution in [-0.2, 0) is 12.8 Å². The molecule has 4 aromatic carbocycles. The first-order valence-electron chi connectivity index (χ1n) is 17.0. The van der Waals surface area contributed by atoms with Crippen molar-refractivity contribution in [3.8, 4) is 67.5 Å². The second-order valence-corrected chi connectivity index (χ2v) is 13.0. The molecule has 2 aliphatic heterocycles. The summed E-state index contributed by atoms with van der Waals surface area (Å²) in [4.78, 5) is 18.0. The second kappa shape index (κ2) is 12.4. The topological polar surface area (TPSA) is 138 Å². The van der Waals surface area contributed by atoms with Crippen molar-refractivity contribution in [3.05, 3.63) is 144 Å². The van der Waals surface area contributed by atoms with Gasteiger partial charge in [0, 0.05) is 44.3 Å².